The van der Waals surface area contributed by atoms with Crippen LogP contribution in [0.25, 0.3) is 6.08 Å². The third-order valence-electron chi connectivity index (χ3n) is 3.91. The van der Waals surface area contributed by atoms with Crippen LogP contribution in [0.1, 0.15) is 25.6 Å². The first-order valence-electron chi connectivity index (χ1n) is 8.41. The lowest BCUT2D eigenvalue weighted by atomic mass is 10.1. The predicted octanol–water partition coefficient (Wildman–Crippen LogP) is 4.88. The highest BCUT2D eigenvalue weighted by Gasteiger charge is 2.11. The van der Waals surface area contributed by atoms with Gasteiger partial charge in [-0.25, -0.2) is 4.79 Å². The number of benzene rings is 2. The SMILES string of the molecule is COc1ccc(OC)c(C(=O)C=Cc2ccc(OC(=O)c3cccs3)cc2)c1. The lowest BCUT2D eigenvalue weighted by Gasteiger charge is -2.08. The fourth-order valence-corrected chi connectivity index (χ4v) is 3.07. The summed E-state index contributed by atoms with van der Waals surface area (Å²) in [5.41, 5.74) is 1.21. The van der Waals surface area contributed by atoms with Gasteiger partial charge in [0.05, 0.1) is 19.8 Å². The van der Waals surface area contributed by atoms with E-state index < -0.39 is 5.97 Å². The van der Waals surface area contributed by atoms with Gasteiger partial charge in [-0.1, -0.05) is 24.3 Å². The number of allylic oxidation sites excluding steroid dienone is 1. The number of rotatable bonds is 7. The van der Waals surface area contributed by atoms with E-state index in [4.69, 9.17) is 14.2 Å². The van der Waals surface area contributed by atoms with Crippen LogP contribution in [0.15, 0.2) is 66.1 Å². The van der Waals surface area contributed by atoms with Crippen LogP contribution in [0, 0.1) is 0 Å². The fraction of sp³-hybridized carbons (Fsp3) is 0.0909. The molecule has 3 aromatic rings. The van der Waals surface area contributed by atoms with Gasteiger partial charge < -0.3 is 14.2 Å². The Morgan fingerprint density at radius 1 is 0.929 bits per heavy atom. The minimum absolute atomic E-state index is 0.205. The molecule has 1 aromatic heterocycles. The molecule has 6 heteroatoms. The van der Waals surface area contributed by atoms with Crippen molar-refractivity contribution in [3.8, 4) is 17.2 Å². The Balaban J connectivity index is 1.69. The second-order valence-electron chi connectivity index (χ2n) is 5.70. The van der Waals surface area contributed by atoms with Gasteiger partial charge in [-0.3, -0.25) is 4.79 Å². The van der Waals surface area contributed by atoms with Crippen LogP contribution < -0.4 is 14.2 Å². The van der Waals surface area contributed by atoms with Gasteiger partial charge >= 0.3 is 5.97 Å². The van der Waals surface area contributed by atoms with Gasteiger partial charge in [-0.15, -0.1) is 11.3 Å². The van der Waals surface area contributed by atoms with Crippen LogP contribution in [-0.2, 0) is 0 Å². The zero-order valence-electron chi connectivity index (χ0n) is 15.4. The molecule has 0 radical (unpaired) electrons. The molecule has 0 aliphatic heterocycles. The maximum Gasteiger partial charge on any atom is 0.353 e. The van der Waals surface area contributed by atoms with Crippen molar-refractivity contribution in [1.82, 2.24) is 0 Å². The molecule has 0 atom stereocenters. The molecule has 0 saturated heterocycles. The summed E-state index contributed by atoms with van der Waals surface area (Å²) in [6.07, 6.45) is 3.15. The van der Waals surface area contributed by atoms with Gasteiger partial charge in [0.1, 0.15) is 22.1 Å². The molecule has 142 valence electrons. The van der Waals surface area contributed by atoms with E-state index in [9.17, 15) is 9.59 Å². The number of ketones is 1. The molecular weight excluding hydrogens is 376 g/mol. The van der Waals surface area contributed by atoms with Crippen molar-refractivity contribution in [2.24, 2.45) is 0 Å². The third-order valence-corrected chi connectivity index (χ3v) is 4.76. The number of carbonyl (C=O) groups is 2. The molecule has 28 heavy (non-hydrogen) atoms. The monoisotopic (exact) mass is 394 g/mol. The Morgan fingerprint density at radius 2 is 1.68 bits per heavy atom. The van der Waals surface area contributed by atoms with E-state index in [2.05, 4.69) is 0 Å². The Kier molecular flexibility index (Phi) is 6.24. The highest BCUT2D eigenvalue weighted by Crippen LogP contribution is 2.25. The topological polar surface area (TPSA) is 61.8 Å². The summed E-state index contributed by atoms with van der Waals surface area (Å²) >= 11 is 1.33. The molecule has 0 N–H and O–H groups in total. The van der Waals surface area contributed by atoms with Crippen LogP contribution in [0.5, 0.6) is 17.2 Å². The van der Waals surface area contributed by atoms with E-state index >= 15 is 0 Å². The van der Waals surface area contributed by atoms with Crippen molar-refractivity contribution in [3.05, 3.63) is 82.1 Å². The molecule has 0 bridgehead atoms. The number of hydrogen-bond acceptors (Lipinski definition) is 6. The minimum Gasteiger partial charge on any atom is -0.497 e. The summed E-state index contributed by atoms with van der Waals surface area (Å²) in [5.74, 6) is 0.902. The molecule has 3 rings (SSSR count). The molecule has 0 spiro atoms. The number of carbonyl (C=O) groups excluding carboxylic acids is 2. The standard InChI is InChI=1S/C22H18O5S/c1-25-17-10-12-20(26-2)18(14-17)19(23)11-7-15-5-8-16(9-6-15)27-22(24)21-4-3-13-28-21/h3-14H,1-2H3. The van der Waals surface area contributed by atoms with E-state index in [0.29, 0.717) is 27.7 Å². The molecule has 0 aliphatic rings. The average molecular weight is 394 g/mol. The second kappa shape index (κ2) is 9.01. The fourth-order valence-electron chi connectivity index (χ4n) is 2.47. The largest absolute Gasteiger partial charge is 0.497 e. The summed E-state index contributed by atoms with van der Waals surface area (Å²) in [6, 6.07) is 15.5. The van der Waals surface area contributed by atoms with Crippen LogP contribution in [0.3, 0.4) is 0 Å². The first-order chi connectivity index (χ1) is 13.6. The number of esters is 1. The van der Waals surface area contributed by atoms with E-state index in [1.807, 2.05) is 5.38 Å². The number of ether oxygens (including phenoxy) is 3. The Hall–Kier alpha value is -3.38. The zero-order chi connectivity index (χ0) is 19.9. The van der Waals surface area contributed by atoms with Crippen LogP contribution in [0.4, 0.5) is 0 Å². The van der Waals surface area contributed by atoms with Crippen molar-refractivity contribution < 1.29 is 23.8 Å². The van der Waals surface area contributed by atoms with Crippen molar-refractivity contribution in [2.45, 2.75) is 0 Å². The molecule has 0 amide bonds. The zero-order valence-corrected chi connectivity index (χ0v) is 16.2. The van der Waals surface area contributed by atoms with Crippen molar-refractivity contribution >= 4 is 29.2 Å². The van der Waals surface area contributed by atoms with Gasteiger partial charge in [-0.05, 0) is 53.4 Å². The minimum atomic E-state index is -0.390. The first-order valence-corrected chi connectivity index (χ1v) is 9.29. The van der Waals surface area contributed by atoms with Gasteiger partial charge in [-0.2, -0.15) is 0 Å². The molecule has 2 aromatic carbocycles. The van der Waals surface area contributed by atoms with Crippen molar-refractivity contribution in [3.63, 3.8) is 0 Å². The molecule has 0 unspecified atom stereocenters. The normalized spacial score (nSPS) is 10.6. The number of hydrogen-bond donors (Lipinski definition) is 0. The predicted molar refractivity (Wildman–Crippen MR) is 109 cm³/mol. The van der Waals surface area contributed by atoms with Gasteiger partial charge in [0.2, 0.25) is 0 Å². The molecule has 0 aliphatic carbocycles. The summed E-state index contributed by atoms with van der Waals surface area (Å²) in [4.78, 5) is 25.0. The Morgan fingerprint density at radius 3 is 2.32 bits per heavy atom. The van der Waals surface area contributed by atoms with E-state index in [1.165, 1.54) is 24.5 Å². The lowest BCUT2D eigenvalue weighted by molar-refractivity contribution is 0.0739. The van der Waals surface area contributed by atoms with Gasteiger partial charge in [0.15, 0.2) is 5.78 Å². The van der Waals surface area contributed by atoms with E-state index in [1.54, 1.807) is 67.8 Å². The highest BCUT2D eigenvalue weighted by molar-refractivity contribution is 7.12. The average Bonchev–Trinajstić information content (AvgIpc) is 3.27. The van der Waals surface area contributed by atoms with Gasteiger partial charge in [0.25, 0.3) is 0 Å². The van der Waals surface area contributed by atoms with E-state index in [-0.39, 0.29) is 5.78 Å². The Bertz CT molecular complexity index is 988. The maximum atomic E-state index is 12.5. The summed E-state index contributed by atoms with van der Waals surface area (Å²) in [6.45, 7) is 0. The van der Waals surface area contributed by atoms with Crippen LogP contribution in [0.2, 0.25) is 0 Å². The van der Waals surface area contributed by atoms with Crippen LogP contribution in [-0.4, -0.2) is 26.0 Å². The summed E-state index contributed by atoms with van der Waals surface area (Å²) < 4.78 is 15.7. The third kappa shape index (κ3) is 4.66. The van der Waals surface area contributed by atoms with Crippen molar-refractivity contribution in [1.29, 1.82) is 0 Å². The maximum absolute atomic E-state index is 12.5. The molecular formula is C22H18O5S. The quantitative estimate of drug-likeness (QED) is 0.247. The van der Waals surface area contributed by atoms with Crippen LogP contribution >= 0.6 is 11.3 Å². The highest BCUT2D eigenvalue weighted by atomic mass is 32.1. The summed E-state index contributed by atoms with van der Waals surface area (Å²) in [7, 11) is 3.05. The lowest BCUT2D eigenvalue weighted by Crippen LogP contribution is -2.06. The molecule has 5 nitrogen and oxygen atoms in total. The first kappa shape index (κ1) is 19.4. The Labute approximate surface area is 166 Å². The molecule has 0 saturated carbocycles. The van der Waals surface area contributed by atoms with E-state index in [0.717, 1.165) is 5.56 Å². The number of methoxy groups -OCH3 is 2. The molecule has 1 heterocycles. The van der Waals surface area contributed by atoms with Gasteiger partial charge in [0, 0.05) is 0 Å². The van der Waals surface area contributed by atoms with Crippen molar-refractivity contribution in [2.75, 3.05) is 14.2 Å². The summed E-state index contributed by atoms with van der Waals surface area (Å²) in [5, 5.41) is 1.82. The molecule has 0 fully saturated rings. The smallest absolute Gasteiger partial charge is 0.353 e. The second-order valence-corrected chi connectivity index (χ2v) is 6.65. The number of thiophene rings is 1.